The van der Waals surface area contributed by atoms with Gasteiger partial charge in [0.1, 0.15) is 18.0 Å². The number of carbonyl (C=O) groups excluding carboxylic acids is 1. The Balaban J connectivity index is 0.00000210. The molecule has 7 nitrogen and oxygen atoms in total. The van der Waals surface area contributed by atoms with Crippen molar-refractivity contribution in [3.05, 3.63) is 29.8 Å². The van der Waals surface area contributed by atoms with Gasteiger partial charge < -0.3 is 24.8 Å². The van der Waals surface area contributed by atoms with Crippen molar-refractivity contribution in [2.24, 2.45) is 0 Å². The number of benzene rings is 1. The fourth-order valence-corrected chi connectivity index (χ4v) is 3.59. The Hall–Kier alpha value is -1.09. The molecule has 1 amide bonds. The average Bonchev–Trinajstić information content (AvgIpc) is 2.74. The second kappa shape index (κ2) is 13.3. The van der Waals surface area contributed by atoms with Gasteiger partial charge in [-0.2, -0.15) is 0 Å². The smallest absolute Gasteiger partial charge is 0.252 e. The molecule has 1 aromatic carbocycles. The van der Waals surface area contributed by atoms with Crippen molar-refractivity contribution in [2.45, 2.75) is 25.0 Å². The van der Waals surface area contributed by atoms with Gasteiger partial charge in [-0.25, -0.2) is 0 Å². The summed E-state index contributed by atoms with van der Waals surface area (Å²) in [5.41, 5.74) is 0.255. The fraction of sp³-hybridized carbons (Fsp3) is 0.650. The molecule has 0 bridgehead atoms. The second-order valence-corrected chi connectivity index (χ2v) is 7.04. The average molecular weight is 450 g/mol. The number of amides is 1. The van der Waals surface area contributed by atoms with E-state index in [-0.39, 0.29) is 30.7 Å². The number of hydrogen-bond acceptors (Lipinski definition) is 6. The molecule has 9 heteroatoms. The van der Waals surface area contributed by atoms with Gasteiger partial charge in [0.15, 0.2) is 0 Å². The standard InChI is InChI=1S/C20H31N3O4.2ClH/c1-25-20(6-8-21-9-7-20)19(24)22-16-17-4-2-3-5-18(17)27-15-12-23-10-13-26-14-11-23;;/h2-5,21H,6-16H2,1H3,(H,22,24);2*1H. The van der Waals surface area contributed by atoms with Gasteiger partial charge in [0.05, 0.1) is 13.2 Å². The van der Waals surface area contributed by atoms with Crippen LogP contribution in [0.1, 0.15) is 18.4 Å². The molecule has 3 rings (SSSR count). The molecule has 0 saturated carbocycles. The molecule has 2 saturated heterocycles. The number of para-hydroxylation sites is 1. The normalized spacial score (nSPS) is 18.8. The van der Waals surface area contributed by atoms with Crippen LogP contribution >= 0.6 is 24.8 Å². The molecular weight excluding hydrogens is 417 g/mol. The Morgan fingerprint density at radius 1 is 1.21 bits per heavy atom. The van der Waals surface area contributed by atoms with Gasteiger partial charge in [-0.05, 0) is 32.0 Å². The zero-order chi connectivity index (χ0) is 19.0. The summed E-state index contributed by atoms with van der Waals surface area (Å²) in [5.74, 6) is 0.775. The number of rotatable bonds is 8. The minimum absolute atomic E-state index is 0. The maximum absolute atomic E-state index is 12.7. The van der Waals surface area contributed by atoms with E-state index < -0.39 is 5.60 Å². The minimum atomic E-state index is -0.725. The van der Waals surface area contributed by atoms with Crippen molar-refractivity contribution < 1.29 is 19.0 Å². The third-order valence-corrected chi connectivity index (χ3v) is 5.40. The van der Waals surface area contributed by atoms with Gasteiger partial charge in [-0.1, -0.05) is 18.2 Å². The first-order valence-electron chi connectivity index (χ1n) is 9.78. The number of carbonyl (C=O) groups is 1. The van der Waals surface area contributed by atoms with Gasteiger partial charge >= 0.3 is 0 Å². The Bertz CT molecular complexity index is 609. The quantitative estimate of drug-likeness (QED) is 0.628. The summed E-state index contributed by atoms with van der Waals surface area (Å²) in [6.45, 7) is 7.02. The number of ether oxygens (including phenoxy) is 3. The van der Waals surface area contributed by atoms with Crippen LogP contribution < -0.4 is 15.4 Å². The number of piperidine rings is 1. The van der Waals surface area contributed by atoms with E-state index >= 15 is 0 Å². The Morgan fingerprint density at radius 3 is 2.59 bits per heavy atom. The van der Waals surface area contributed by atoms with Gasteiger partial charge in [-0.15, -0.1) is 24.8 Å². The summed E-state index contributed by atoms with van der Waals surface area (Å²) in [6, 6.07) is 7.87. The van der Waals surface area contributed by atoms with Crippen molar-refractivity contribution >= 4 is 30.7 Å². The lowest BCUT2D eigenvalue weighted by Gasteiger charge is -2.34. The highest BCUT2D eigenvalue weighted by atomic mass is 35.5. The molecular formula is C20H33Cl2N3O4. The lowest BCUT2D eigenvalue weighted by Crippen LogP contribution is -2.53. The molecule has 2 N–H and O–H groups in total. The summed E-state index contributed by atoms with van der Waals surface area (Å²) in [6.07, 6.45) is 1.38. The lowest BCUT2D eigenvalue weighted by molar-refractivity contribution is -0.146. The number of nitrogens with zero attached hydrogens (tertiary/aromatic N) is 1. The van der Waals surface area contributed by atoms with Gasteiger partial charge in [0.25, 0.3) is 5.91 Å². The molecule has 2 aliphatic heterocycles. The Labute approximate surface area is 185 Å². The zero-order valence-electron chi connectivity index (χ0n) is 17.0. The van der Waals surface area contributed by atoms with E-state index in [1.54, 1.807) is 7.11 Å². The summed E-state index contributed by atoms with van der Waals surface area (Å²) >= 11 is 0. The summed E-state index contributed by atoms with van der Waals surface area (Å²) in [4.78, 5) is 15.1. The van der Waals surface area contributed by atoms with E-state index in [4.69, 9.17) is 14.2 Å². The largest absolute Gasteiger partial charge is 0.492 e. The van der Waals surface area contributed by atoms with Crippen molar-refractivity contribution in [1.29, 1.82) is 0 Å². The Kier molecular flexibility index (Phi) is 11.9. The predicted octanol–water partition coefficient (Wildman–Crippen LogP) is 1.63. The molecule has 29 heavy (non-hydrogen) atoms. The molecule has 166 valence electrons. The van der Waals surface area contributed by atoms with Crippen LogP contribution in [0.3, 0.4) is 0 Å². The molecule has 0 aromatic heterocycles. The van der Waals surface area contributed by atoms with Crippen LogP contribution in [0.2, 0.25) is 0 Å². The monoisotopic (exact) mass is 449 g/mol. The van der Waals surface area contributed by atoms with E-state index in [2.05, 4.69) is 15.5 Å². The highest BCUT2D eigenvalue weighted by Crippen LogP contribution is 2.23. The summed E-state index contributed by atoms with van der Waals surface area (Å²) < 4.78 is 17.0. The van der Waals surface area contributed by atoms with Crippen molar-refractivity contribution in [3.63, 3.8) is 0 Å². The predicted molar refractivity (Wildman–Crippen MR) is 117 cm³/mol. The highest BCUT2D eigenvalue weighted by molar-refractivity contribution is 5.86. The molecule has 0 unspecified atom stereocenters. The van der Waals surface area contributed by atoms with Crippen LogP contribution in [0.25, 0.3) is 0 Å². The van der Waals surface area contributed by atoms with Crippen LogP contribution in [-0.2, 0) is 20.8 Å². The first kappa shape index (κ1) is 25.9. The van der Waals surface area contributed by atoms with Crippen molar-refractivity contribution in [2.75, 3.05) is 59.7 Å². The first-order chi connectivity index (χ1) is 13.2. The molecule has 2 fully saturated rings. The van der Waals surface area contributed by atoms with E-state index in [9.17, 15) is 4.79 Å². The highest BCUT2D eigenvalue weighted by Gasteiger charge is 2.39. The van der Waals surface area contributed by atoms with E-state index in [0.717, 1.165) is 57.3 Å². The molecule has 1 aromatic rings. The SMILES string of the molecule is COC1(C(=O)NCc2ccccc2OCCN2CCOCC2)CCNCC1.Cl.Cl. The molecule has 0 radical (unpaired) electrons. The van der Waals surface area contributed by atoms with E-state index in [1.807, 2.05) is 24.3 Å². The zero-order valence-corrected chi connectivity index (χ0v) is 18.6. The number of halogens is 2. The Morgan fingerprint density at radius 2 is 1.90 bits per heavy atom. The number of methoxy groups -OCH3 is 1. The molecule has 0 spiro atoms. The fourth-order valence-electron chi connectivity index (χ4n) is 3.59. The minimum Gasteiger partial charge on any atom is -0.492 e. The van der Waals surface area contributed by atoms with Gasteiger partial charge in [0.2, 0.25) is 0 Å². The maximum Gasteiger partial charge on any atom is 0.252 e. The number of hydrogen-bond donors (Lipinski definition) is 2. The molecule has 0 aliphatic carbocycles. The van der Waals surface area contributed by atoms with Crippen molar-refractivity contribution in [1.82, 2.24) is 15.5 Å². The summed E-state index contributed by atoms with van der Waals surface area (Å²) in [7, 11) is 1.62. The topological polar surface area (TPSA) is 72.1 Å². The first-order valence-corrected chi connectivity index (χ1v) is 9.78. The van der Waals surface area contributed by atoms with Crippen LogP contribution in [0.5, 0.6) is 5.75 Å². The van der Waals surface area contributed by atoms with Crippen LogP contribution in [-0.4, -0.2) is 76.1 Å². The third-order valence-electron chi connectivity index (χ3n) is 5.40. The van der Waals surface area contributed by atoms with E-state index in [0.29, 0.717) is 26.0 Å². The molecule has 2 aliphatic rings. The van der Waals surface area contributed by atoms with Crippen molar-refractivity contribution in [3.8, 4) is 5.75 Å². The van der Waals surface area contributed by atoms with Gasteiger partial charge in [-0.3, -0.25) is 9.69 Å². The van der Waals surface area contributed by atoms with Crippen LogP contribution in [0.4, 0.5) is 0 Å². The van der Waals surface area contributed by atoms with Gasteiger partial charge in [0, 0.05) is 38.9 Å². The number of morpholine rings is 1. The molecule has 0 atom stereocenters. The lowest BCUT2D eigenvalue weighted by atomic mass is 9.91. The third kappa shape index (κ3) is 7.27. The van der Waals surface area contributed by atoms with E-state index in [1.165, 1.54) is 0 Å². The van der Waals surface area contributed by atoms with Crippen LogP contribution in [0, 0.1) is 0 Å². The number of nitrogens with one attached hydrogen (secondary N) is 2. The summed E-state index contributed by atoms with van der Waals surface area (Å²) in [5, 5.41) is 6.31. The maximum atomic E-state index is 12.7. The second-order valence-electron chi connectivity index (χ2n) is 7.04. The molecule has 2 heterocycles. The van der Waals surface area contributed by atoms with Crippen LogP contribution in [0.15, 0.2) is 24.3 Å².